The number of nitrogens with two attached hydrogens (primary N) is 1. The highest BCUT2D eigenvalue weighted by Crippen LogP contribution is 2.40. The Morgan fingerprint density at radius 3 is 2.62 bits per heavy atom. The van der Waals surface area contributed by atoms with Crippen LogP contribution in [0.1, 0.15) is 0 Å². The van der Waals surface area contributed by atoms with E-state index in [1.54, 1.807) is 0 Å². The number of aromatic amines is 1. The Labute approximate surface area is 97.8 Å². The van der Waals surface area contributed by atoms with E-state index in [1.807, 2.05) is 0 Å². The summed E-state index contributed by atoms with van der Waals surface area (Å²) in [6.07, 6.45) is 0. The Kier molecular flexibility index (Phi) is 2.47. The SMILES string of the molecule is Nc1cc(-c2c(Br)cc(O)c(O)c2F)[nH]n1. The number of phenols is 2. The first-order chi connectivity index (χ1) is 7.50. The molecule has 0 saturated carbocycles. The van der Waals surface area contributed by atoms with Crippen molar-refractivity contribution in [2.45, 2.75) is 0 Å². The van der Waals surface area contributed by atoms with Crippen molar-refractivity contribution >= 4 is 21.7 Å². The van der Waals surface area contributed by atoms with Crippen molar-refractivity contribution in [3.63, 3.8) is 0 Å². The fourth-order valence-corrected chi connectivity index (χ4v) is 1.91. The fourth-order valence-electron chi connectivity index (χ4n) is 1.31. The van der Waals surface area contributed by atoms with Crippen LogP contribution in [0.2, 0.25) is 0 Å². The largest absolute Gasteiger partial charge is 0.504 e. The molecular weight excluding hydrogens is 281 g/mol. The van der Waals surface area contributed by atoms with Gasteiger partial charge < -0.3 is 15.9 Å². The van der Waals surface area contributed by atoms with Crippen LogP contribution in [-0.2, 0) is 0 Å². The van der Waals surface area contributed by atoms with E-state index in [4.69, 9.17) is 5.73 Å². The number of H-pyrrole nitrogens is 1. The highest BCUT2D eigenvalue weighted by Gasteiger charge is 2.19. The zero-order valence-corrected chi connectivity index (χ0v) is 9.42. The molecule has 0 aliphatic rings. The second-order valence-electron chi connectivity index (χ2n) is 3.12. The molecule has 16 heavy (non-hydrogen) atoms. The summed E-state index contributed by atoms with van der Waals surface area (Å²) in [5.74, 6) is -2.10. The maximum atomic E-state index is 13.7. The molecule has 0 aliphatic heterocycles. The minimum absolute atomic E-state index is 0.0551. The van der Waals surface area contributed by atoms with Crippen LogP contribution < -0.4 is 5.73 Å². The lowest BCUT2D eigenvalue weighted by Crippen LogP contribution is -1.88. The predicted molar refractivity (Wildman–Crippen MR) is 59.4 cm³/mol. The van der Waals surface area contributed by atoms with Crippen LogP contribution in [0.3, 0.4) is 0 Å². The predicted octanol–water partition coefficient (Wildman–Crippen LogP) is 1.97. The van der Waals surface area contributed by atoms with Crippen LogP contribution >= 0.6 is 15.9 Å². The number of aromatic nitrogens is 2. The first-order valence-corrected chi connectivity index (χ1v) is 5.01. The van der Waals surface area contributed by atoms with Gasteiger partial charge in [-0.2, -0.15) is 5.10 Å². The summed E-state index contributed by atoms with van der Waals surface area (Å²) >= 11 is 3.08. The maximum Gasteiger partial charge on any atom is 0.194 e. The van der Waals surface area contributed by atoms with Gasteiger partial charge in [-0.05, 0) is 22.0 Å². The smallest absolute Gasteiger partial charge is 0.194 e. The summed E-state index contributed by atoms with van der Waals surface area (Å²) in [5.41, 5.74) is 5.75. The molecule has 0 saturated heterocycles. The molecule has 0 fully saturated rings. The zero-order valence-electron chi connectivity index (χ0n) is 7.83. The lowest BCUT2D eigenvalue weighted by Gasteiger charge is -2.06. The Hall–Kier alpha value is -1.76. The fraction of sp³-hybridized carbons (Fsp3) is 0. The summed E-state index contributed by atoms with van der Waals surface area (Å²) in [6.45, 7) is 0. The Bertz CT molecular complexity index is 556. The van der Waals surface area contributed by atoms with Gasteiger partial charge in [-0.1, -0.05) is 0 Å². The van der Waals surface area contributed by atoms with Crippen molar-refractivity contribution < 1.29 is 14.6 Å². The highest BCUT2D eigenvalue weighted by molar-refractivity contribution is 9.10. The number of nitrogens with one attached hydrogen (secondary N) is 1. The first kappa shape index (κ1) is 10.7. The molecule has 5 nitrogen and oxygen atoms in total. The summed E-state index contributed by atoms with van der Waals surface area (Å²) in [7, 11) is 0. The Balaban J connectivity index is 2.70. The average Bonchev–Trinajstić information content (AvgIpc) is 2.61. The minimum atomic E-state index is -0.949. The molecule has 1 heterocycles. The van der Waals surface area contributed by atoms with Crippen LogP contribution in [0.25, 0.3) is 11.3 Å². The molecule has 0 spiro atoms. The normalized spacial score (nSPS) is 10.6. The van der Waals surface area contributed by atoms with Crippen LogP contribution in [0.5, 0.6) is 11.5 Å². The van der Waals surface area contributed by atoms with Gasteiger partial charge in [0.25, 0.3) is 0 Å². The molecule has 2 aromatic rings. The van der Waals surface area contributed by atoms with Gasteiger partial charge in [-0.25, -0.2) is 4.39 Å². The lowest BCUT2D eigenvalue weighted by atomic mass is 10.1. The molecule has 0 radical (unpaired) electrons. The number of nitrogen functional groups attached to an aromatic ring is 1. The molecule has 1 aromatic heterocycles. The topological polar surface area (TPSA) is 95.2 Å². The van der Waals surface area contributed by atoms with Crippen molar-refractivity contribution in [2.75, 3.05) is 5.73 Å². The van der Waals surface area contributed by atoms with Crippen molar-refractivity contribution in [1.82, 2.24) is 10.2 Å². The van der Waals surface area contributed by atoms with E-state index in [-0.39, 0.29) is 15.9 Å². The first-order valence-electron chi connectivity index (χ1n) is 4.22. The molecule has 0 atom stereocenters. The van der Waals surface area contributed by atoms with E-state index in [1.165, 1.54) is 12.1 Å². The van der Waals surface area contributed by atoms with E-state index in [0.29, 0.717) is 5.69 Å². The molecule has 0 amide bonds. The third-order valence-electron chi connectivity index (χ3n) is 2.04. The number of phenolic OH excluding ortho intramolecular Hbond substituents is 2. The molecule has 2 rings (SSSR count). The third-order valence-corrected chi connectivity index (χ3v) is 2.66. The molecular formula is C9H7BrFN3O2. The van der Waals surface area contributed by atoms with Crippen molar-refractivity contribution in [2.24, 2.45) is 0 Å². The van der Waals surface area contributed by atoms with E-state index < -0.39 is 17.3 Å². The second kappa shape index (κ2) is 3.67. The van der Waals surface area contributed by atoms with Crippen molar-refractivity contribution in [1.29, 1.82) is 0 Å². The van der Waals surface area contributed by atoms with Crippen LogP contribution in [-0.4, -0.2) is 20.4 Å². The third kappa shape index (κ3) is 1.58. The average molecular weight is 288 g/mol. The van der Waals surface area contributed by atoms with E-state index in [2.05, 4.69) is 26.1 Å². The summed E-state index contributed by atoms with van der Waals surface area (Å²) in [4.78, 5) is 0. The Morgan fingerprint density at radius 1 is 1.38 bits per heavy atom. The van der Waals surface area contributed by atoms with Crippen LogP contribution in [0, 0.1) is 5.82 Å². The summed E-state index contributed by atoms with van der Waals surface area (Å²) < 4.78 is 14.0. The van der Waals surface area contributed by atoms with Gasteiger partial charge in [-0.3, -0.25) is 5.10 Å². The molecule has 1 aromatic carbocycles. The highest BCUT2D eigenvalue weighted by atomic mass is 79.9. The lowest BCUT2D eigenvalue weighted by molar-refractivity contribution is 0.379. The number of aromatic hydroxyl groups is 2. The van der Waals surface area contributed by atoms with E-state index >= 15 is 0 Å². The monoisotopic (exact) mass is 287 g/mol. The van der Waals surface area contributed by atoms with E-state index in [9.17, 15) is 14.6 Å². The van der Waals surface area contributed by atoms with Crippen molar-refractivity contribution in [3.05, 3.63) is 22.4 Å². The maximum absolute atomic E-state index is 13.7. The number of anilines is 1. The number of hydrogen-bond donors (Lipinski definition) is 4. The number of benzene rings is 1. The number of hydrogen-bond acceptors (Lipinski definition) is 4. The van der Waals surface area contributed by atoms with Gasteiger partial charge in [0.2, 0.25) is 0 Å². The standard InChI is InChI=1S/C9H7BrFN3O2/c10-3-1-5(15)9(16)8(11)7(3)4-2-6(12)14-13-4/h1-2,15-16H,(H3,12,13,14). The van der Waals surface area contributed by atoms with Gasteiger partial charge in [0.15, 0.2) is 17.3 Å². The minimum Gasteiger partial charge on any atom is -0.504 e. The van der Waals surface area contributed by atoms with E-state index in [0.717, 1.165) is 0 Å². The molecule has 0 unspecified atom stereocenters. The van der Waals surface area contributed by atoms with Gasteiger partial charge in [0, 0.05) is 10.5 Å². The van der Waals surface area contributed by atoms with Gasteiger partial charge >= 0.3 is 0 Å². The zero-order chi connectivity index (χ0) is 11.9. The molecule has 84 valence electrons. The van der Waals surface area contributed by atoms with Gasteiger partial charge in [-0.15, -0.1) is 0 Å². The van der Waals surface area contributed by atoms with Gasteiger partial charge in [0.05, 0.1) is 11.3 Å². The van der Waals surface area contributed by atoms with Crippen LogP contribution in [0.15, 0.2) is 16.6 Å². The number of nitrogens with zero attached hydrogens (tertiary/aromatic N) is 1. The summed E-state index contributed by atoms with van der Waals surface area (Å²) in [6, 6.07) is 2.60. The van der Waals surface area contributed by atoms with Crippen molar-refractivity contribution in [3.8, 4) is 22.8 Å². The van der Waals surface area contributed by atoms with Crippen LogP contribution in [0.4, 0.5) is 10.2 Å². The summed E-state index contributed by atoms with van der Waals surface area (Å²) in [5, 5.41) is 24.6. The molecule has 5 N–H and O–H groups in total. The molecule has 0 bridgehead atoms. The quantitative estimate of drug-likeness (QED) is 0.603. The Morgan fingerprint density at radius 2 is 2.06 bits per heavy atom. The number of rotatable bonds is 1. The molecule has 7 heteroatoms. The van der Waals surface area contributed by atoms with Gasteiger partial charge in [0.1, 0.15) is 5.82 Å². The molecule has 0 aliphatic carbocycles. The second-order valence-corrected chi connectivity index (χ2v) is 3.98. The number of halogens is 2.